The largest absolute Gasteiger partial charge is 0.370 e. The summed E-state index contributed by atoms with van der Waals surface area (Å²) in [6.07, 6.45) is 3.74. The smallest absolute Gasteiger partial charge is 0.291 e. The Kier molecular flexibility index (Phi) is 7.24. The molecule has 34 heavy (non-hydrogen) atoms. The average Bonchev–Trinajstić information content (AvgIpc) is 3.34. The Morgan fingerprint density at radius 2 is 1.91 bits per heavy atom. The minimum Gasteiger partial charge on any atom is -0.370 e. The molecule has 2 aliphatic heterocycles. The summed E-state index contributed by atoms with van der Waals surface area (Å²) in [5.41, 5.74) is 3.20. The first-order valence-electron chi connectivity index (χ1n) is 12.5. The maximum atomic E-state index is 12.9. The molecule has 2 aliphatic rings. The van der Waals surface area contributed by atoms with Crippen molar-refractivity contribution in [3.05, 3.63) is 41.5 Å². The number of hydrogen-bond acceptors (Lipinski definition) is 6. The van der Waals surface area contributed by atoms with Gasteiger partial charge < -0.3 is 20.1 Å². The van der Waals surface area contributed by atoms with Crippen molar-refractivity contribution in [3.8, 4) is 6.07 Å². The number of likely N-dealkylation sites (N-methyl/N-ethyl adjacent to an activating group) is 1. The van der Waals surface area contributed by atoms with Crippen LogP contribution in [-0.2, 0) is 5.54 Å². The third-order valence-corrected chi connectivity index (χ3v) is 7.59. The second kappa shape index (κ2) is 10.2. The molecule has 8 nitrogen and oxygen atoms in total. The molecule has 0 bridgehead atoms. The van der Waals surface area contributed by atoms with E-state index in [1.165, 1.54) is 11.8 Å². The molecule has 0 spiro atoms. The molecule has 2 N–H and O–H groups in total. The standard InChI is InChI=1S/C26H37N7O/c1-5-31-12-14-33(15-13-31)26(3,4)20-6-7-22(23(16-20)32-10-8-19(2)9-11-32)30-25(34)24-28-18-21(17-27)29-24/h6-7,16,18-19H,5,8-15H2,1-4H3,(H,28,29)(H,30,34). The predicted molar refractivity (Wildman–Crippen MR) is 135 cm³/mol. The van der Waals surface area contributed by atoms with Gasteiger partial charge in [0.1, 0.15) is 6.07 Å². The van der Waals surface area contributed by atoms with Gasteiger partial charge in [-0.15, -0.1) is 0 Å². The van der Waals surface area contributed by atoms with Crippen molar-refractivity contribution in [1.82, 2.24) is 19.8 Å². The SMILES string of the molecule is CCN1CCN(C(C)(C)c2ccc(NC(=O)c3nc(C#N)c[nH]3)c(N3CCC(C)CC3)c2)CC1. The van der Waals surface area contributed by atoms with Gasteiger partial charge >= 0.3 is 0 Å². The van der Waals surface area contributed by atoms with E-state index in [0.717, 1.165) is 75.9 Å². The molecule has 0 aliphatic carbocycles. The maximum Gasteiger partial charge on any atom is 0.291 e. The Hall–Kier alpha value is -2.89. The number of anilines is 2. The van der Waals surface area contributed by atoms with E-state index >= 15 is 0 Å². The number of piperidine rings is 1. The van der Waals surface area contributed by atoms with Gasteiger partial charge in [0.15, 0.2) is 11.5 Å². The summed E-state index contributed by atoms with van der Waals surface area (Å²) in [6.45, 7) is 16.5. The van der Waals surface area contributed by atoms with E-state index in [-0.39, 0.29) is 23.0 Å². The van der Waals surface area contributed by atoms with Crippen molar-refractivity contribution < 1.29 is 4.79 Å². The second-order valence-electron chi connectivity index (χ2n) is 10.1. The lowest BCUT2D eigenvalue weighted by molar-refractivity contribution is 0.0527. The number of benzene rings is 1. The number of aromatic amines is 1. The number of aromatic nitrogens is 2. The number of H-pyrrole nitrogens is 1. The number of nitrogens with one attached hydrogen (secondary N) is 2. The highest BCUT2D eigenvalue weighted by atomic mass is 16.2. The zero-order chi connectivity index (χ0) is 24.3. The van der Waals surface area contributed by atoms with Crippen LogP contribution in [0.4, 0.5) is 11.4 Å². The molecule has 3 heterocycles. The van der Waals surface area contributed by atoms with E-state index in [9.17, 15) is 4.79 Å². The summed E-state index contributed by atoms with van der Waals surface area (Å²) in [7, 11) is 0. The molecule has 1 amide bonds. The van der Waals surface area contributed by atoms with Gasteiger partial charge in [-0.25, -0.2) is 4.98 Å². The first-order valence-corrected chi connectivity index (χ1v) is 12.5. The first-order chi connectivity index (χ1) is 16.3. The van der Waals surface area contributed by atoms with Crippen LogP contribution in [0.25, 0.3) is 0 Å². The highest BCUT2D eigenvalue weighted by Gasteiger charge is 2.32. The molecular formula is C26H37N7O. The molecule has 2 fully saturated rings. The van der Waals surface area contributed by atoms with Gasteiger partial charge in [-0.05, 0) is 56.8 Å². The molecule has 1 aromatic carbocycles. The van der Waals surface area contributed by atoms with Crippen LogP contribution in [0.3, 0.4) is 0 Å². The fourth-order valence-electron chi connectivity index (χ4n) is 5.01. The Labute approximate surface area is 202 Å². The predicted octanol–water partition coefficient (Wildman–Crippen LogP) is 3.64. The summed E-state index contributed by atoms with van der Waals surface area (Å²) in [4.78, 5) is 27.2. The second-order valence-corrected chi connectivity index (χ2v) is 10.1. The average molecular weight is 464 g/mol. The third kappa shape index (κ3) is 5.11. The maximum absolute atomic E-state index is 12.9. The molecule has 0 unspecified atom stereocenters. The van der Waals surface area contributed by atoms with Crippen LogP contribution in [0.5, 0.6) is 0 Å². The van der Waals surface area contributed by atoms with Crippen molar-refractivity contribution in [2.75, 3.05) is 56.0 Å². The summed E-state index contributed by atoms with van der Waals surface area (Å²) >= 11 is 0. The molecule has 1 aromatic heterocycles. The molecule has 182 valence electrons. The van der Waals surface area contributed by atoms with Crippen LogP contribution in [0, 0.1) is 17.2 Å². The number of piperazine rings is 1. The zero-order valence-electron chi connectivity index (χ0n) is 20.9. The van der Waals surface area contributed by atoms with Crippen molar-refractivity contribution in [1.29, 1.82) is 5.26 Å². The van der Waals surface area contributed by atoms with Gasteiger partial charge in [-0.1, -0.05) is 19.9 Å². The van der Waals surface area contributed by atoms with Gasteiger partial charge in [0.2, 0.25) is 0 Å². The number of rotatable bonds is 6. The third-order valence-electron chi connectivity index (χ3n) is 7.59. The quantitative estimate of drug-likeness (QED) is 0.680. The molecule has 2 aromatic rings. The fourth-order valence-corrected chi connectivity index (χ4v) is 5.01. The molecule has 0 radical (unpaired) electrons. The number of amides is 1. The van der Waals surface area contributed by atoms with Crippen LogP contribution < -0.4 is 10.2 Å². The fraction of sp³-hybridized carbons (Fsp3) is 0.577. The lowest BCUT2D eigenvalue weighted by Gasteiger charge is -2.44. The van der Waals surface area contributed by atoms with Gasteiger partial charge in [-0.3, -0.25) is 9.69 Å². The van der Waals surface area contributed by atoms with Crippen molar-refractivity contribution >= 4 is 17.3 Å². The van der Waals surface area contributed by atoms with Crippen LogP contribution in [0.15, 0.2) is 24.4 Å². The van der Waals surface area contributed by atoms with Crippen LogP contribution in [-0.4, -0.2) is 71.5 Å². The highest BCUT2D eigenvalue weighted by Crippen LogP contribution is 2.37. The number of imidazole rings is 1. The van der Waals surface area contributed by atoms with Crippen LogP contribution in [0.1, 0.15) is 62.4 Å². The van der Waals surface area contributed by atoms with E-state index in [0.29, 0.717) is 0 Å². The Bertz CT molecular complexity index is 1040. The zero-order valence-corrected chi connectivity index (χ0v) is 20.9. The van der Waals surface area contributed by atoms with Crippen molar-refractivity contribution in [2.24, 2.45) is 5.92 Å². The molecule has 4 rings (SSSR count). The minimum absolute atomic E-state index is 0.108. The molecule has 2 saturated heterocycles. The van der Waals surface area contributed by atoms with Crippen molar-refractivity contribution in [3.63, 3.8) is 0 Å². The first kappa shape index (κ1) is 24.2. The van der Waals surface area contributed by atoms with Gasteiger partial charge in [-0.2, -0.15) is 5.26 Å². The monoisotopic (exact) mass is 463 g/mol. The number of carbonyl (C=O) groups is 1. The Morgan fingerprint density at radius 1 is 1.21 bits per heavy atom. The highest BCUT2D eigenvalue weighted by molar-refractivity contribution is 6.03. The van der Waals surface area contributed by atoms with Gasteiger partial charge in [0.25, 0.3) is 5.91 Å². The van der Waals surface area contributed by atoms with Crippen LogP contribution in [0.2, 0.25) is 0 Å². The summed E-state index contributed by atoms with van der Waals surface area (Å²) in [5.74, 6) is 0.528. The van der Waals surface area contributed by atoms with E-state index in [1.54, 1.807) is 0 Å². The van der Waals surface area contributed by atoms with E-state index in [4.69, 9.17) is 5.26 Å². The molecule has 0 atom stereocenters. The summed E-state index contributed by atoms with van der Waals surface area (Å²) in [5, 5.41) is 12.1. The number of hydrogen-bond donors (Lipinski definition) is 2. The molecule has 0 saturated carbocycles. The van der Waals surface area contributed by atoms with Gasteiger partial charge in [0, 0.05) is 51.0 Å². The van der Waals surface area contributed by atoms with Crippen LogP contribution >= 0.6 is 0 Å². The summed E-state index contributed by atoms with van der Waals surface area (Å²) in [6, 6.07) is 8.39. The van der Waals surface area contributed by atoms with E-state index in [2.05, 4.69) is 69.8 Å². The Balaban J connectivity index is 1.61. The van der Waals surface area contributed by atoms with Crippen molar-refractivity contribution in [2.45, 2.75) is 46.1 Å². The number of nitriles is 1. The summed E-state index contributed by atoms with van der Waals surface area (Å²) < 4.78 is 0. The normalized spacial score (nSPS) is 18.6. The minimum atomic E-state index is -0.337. The molecule has 8 heteroatoms. The molecular weight excluding hydrogens is 426 g/mol. The lowest BCUT2D eigenvalue weighted by atomic mass is 9.90. The van der Waals surface area contributed by atoms with Gasteiger partial charge in [0.05, 0.1) is 11.4 Å². The lowest BCUT2D eigenvalue weighted by Crippen LogP contribution is -2.53. The Morgan fingerprint density at radius 3 is 2.53 bits per heavy atom. The number of nitrogens with zero attached hydrogens (tertiary/aromatic N) is 5. The van der Waals surface area contributed by atoms with E-state index < -0.39 is 0 Å². The topological polar surface area (TPSA) is 91.3 Å². The number of carbonyl (C=O) groups excluding carboxylic acids is 1. The van der Waals surface area contributed by atoms with E-state index in [1.807, 2.05) is 12.1 Å².